The highest BCUT2D eigenvalue weighted by atomic mass is 79.9. The van der Waals surface area contributed by atoms with E-state index in [-0.39, 0.29) is 6.04 Å². The van der Waals surface area contributed by atoms with Crippen molar-refractivity contribution in [1.82, 2.24) is 4.90 Å². The molecule has 0 aliphatic rings. The van der Waals surface area contributed by atoms with Crippen LogP contribution in [0.15, 0.2) is 28.7 Å². The molecule has 0 aliphatic carbocycles. The monoisotopic (exact) mass is 256 g/mol. The van der Waals surface area contributed by atoms with E-state index < -0.39 is 0 Å². The molecule has 0 heterocycles. The van der Waals surface area contributed by atoms with Gasteiger partial charge in [0.1, 0.15) is 0 Å². The van der Waals surface area contributed by atoms with Gasteiger partial charge in [0, 0.05) is 17.1 Å². The molecule has 78 valence electrons. The van der Waals surface area contributed by atoms with E-state index >= 15 is 0 Å². The Hall–Kier alpha value is -0.380. The quantitative estimate of drug-likeness (QED) is 0.892. The zero-order chi connectivity index (χ0) is 10.6. The molecule has 14 heavy (non-hydrogen) atoms. The zero-order valence-corrected chi connectivity index (χ0v) is 10.3. The Bertz CT molecular complexity index is 286. The molecule has 2 N–H and O–H groups in total. The van der Waals surface area contributed by atoms with Crippen LogP contribution in [0.5, 0.6) is 0 Å². The Labute approximate surface area is 94.2 Å². The highest BCUT2D eigenvalue weighted by Crippen LogP contribution is 2.12. The highest BCUT2D eigenvalue weighted by Gasteiger charge is 2.05. The fraction of sp³-hybridized carbons (Fsp3) is 0.455. The number of halogens is 1. The van der Waals surface area contributed by atoms with E-state index in [4.69, 9.17) is 5.73 Å². The maximum Gasteiger partial charge on any atom is 0.0208 e. The number of nitrogens with two attached hydrogens (primary N) is 1. The van der Waals surface area contributed by atoms with Crippen LogP contribution in [0.2, 0.25) is 0 Å². The lowest BCUT2D eigenvalue weighted by molar-refractivity contribution is 0.371. The second-order valence-corrected chi connectivity index (χ2v) is 4.77. The Morgan fingerprint density at radius 1 is 1.43 bits per heavy atom. The first kappa shape index (κ1) is 11.7. The first-order chi connectivity index (χ1) is 6.58. The topological polar surface area (TPSA) is 29.3 Å². The normalized spacial score (nSPS) is 13.2. The van der Waals surface area contributed by atoms with E-state index in [9.17, 15) is 0 Å². The molecule has 0 saturated carbocycles. The maximum absolute atomic E-state index is 6.00. The van der Waals surface area contributed by atoms with Crippen molar-refractivity contribution in [2.24, 2.45) is 5.73 Å². The molecule has 0 aromatic heterocycles. The molecule has 0 spiro atoms. The summed E-state index contributed by atoms with van der Waals surface area (Å²) in [7, 11) is 4.08. The van der Waals surface area contributed by atoms with Crippen LogP contribution in [0.1, 0.15) is 5.56 Å². The first-order valence-corrected chi connectivity index (χ1v) is 5.52. The summed E-state index contributed by atoms with van der Waals surface area (Å²) >= 11 is 3.45. The van der Waals surface area contributed by atoms with Crippen LogP contribution in [-0.4, -0.2) is 31.6 Å². The summed E-state index contributed by atoms with van der Waals surface area (Å²) in [4.78, 5) is 2.11. The molecule has 1 atom stereocenters. The van der Waals surface area contributed by atoms with Gasteiger partial charge in [-0.1, -0.05) is 28.1 Å². The predicted octanol–water partition coefficient (Wildman–Crippen LogP) is 1.88. The fourth-order valence-corrected chi connectivity index (χ4v) is 1.95. The van der Waals surface area contributed by atoms with Gasteiger partial charge in [-0.3, -0.25) is 0 Å². The van der Waals surface area contributed by atoms with Gasteiger partial charge in [-0.25, -0.2) is 0 Å². The summed E-state index contributed by atoms with van der Waals surface area (Å²) in [5.74, 6) is 0. The number of hydrogen-bond donors (Lipinski definition) is 1. The lowest BCUT2D eigenvalue weighted by atomic mass is 10.1. The van der Waals surface area contributed by atoms with E-state index in [0.29, 0.717) is 0 Å². The van der Waals surface area contributed by atoms with Gasteiger partial charge < -0.3 is 10.6 Å². The van der Waals surface area contributed by atoms with Gasteiger partial charge in [-0.2, -0.15) is 0 Å². The van der Waals surface area contributed by atoms with Crippen molar-refractivity contribution in [3.8, 4) is 0 Å². The van der Waals surface area contributed by atoms with Crippen molar-refractivity contribution >= 4 is 15.9 Å². The summed E-state index contributed by atoms with van der Waals surface area (Å²) in [6.45, 7) is 0.923. The van der Waals surface area contributed by atoms with Crippen LogP contribution in [0.3, 0.4) is 0 Å². The average Bonchev–Trinajstić information content (AvgIpc) is 2.01. The van der Waals surface area contributed by atoms with Crippen LogP contribution in [0, 0.1) is 0 Å². The summed E-state index contributed by atoms with van der Waals surface area (Å²) in [5, 5.41) is 0. The number of rotatable bonds is 4. The van der Waals surface area contributed by atoms with Gasteiger partial charge in [-0.05, 0) is 38.2 Å². The molecule has 1 aromatic rings. The molecule has 0 saturated heterocycles. The van der Waals surface area contributed by atoms with Crippen molar-refractivity contribution in [3.05, 3.63) is 34.3 Å². The van der Waals surface area contributed by atoms with Gasteiger partial charge in [0.05, 0.1) is 0 Å². The summed E-state index contributed by atoms with van der Waals surface area (Å²) in [6, 6.07) is 8.51. The largest absolute Gasteiger partial charge is 0.326 e. The van der Waals surface area contributed by atoms with E-state index in [1.54, 1.807) is 0 Å². The molecule has 3 heteroatoms. The van der Waals surface area contributed by atoms with E-state index in [1.165, 1.54) is 5.56 Å². The fourth-order valence-electron chi connectivity index (χ4n) is 1.50. The van der Waals surface area contributed by atoms with Gasteiger partial charge in [-0.15, -0.1) is 0 Å². The third-order valence-corrected chi connectivity index (χ3v) is 2.48. The lowest BCUT2D eigenvalue weighted by Crippen LogP contribution is -2.34. The molecule has 1 rings (SSSR count). The van der Waals surface area contributed by atoms with Crippen molar-refractivity contribution in [3.63, 3.8) is 0 Å². The minimum atomic E-state index is 0.208. The Morgan fingerprint density at radius 3 is 2.71 bits per heavy atom. The molecule has 0 fully saturated rings. The van der Waals surface area contributed by atoms with Gasteiger partial charge >= 0.3 is 0 Å². The van der Waals surface area contributed by atoms with Crippen molar-refractivity contribution in [1.29, 1.82) is 0 Å². The van der Waals surface area contributed by atoms with Crippen molar-refractivity contribution in [2.75, 3.05) is 20.6 Å². The molecule has 1 unspecified atom stereocenters. The number of benzene rings is 1. The molecule has 0 radical (unpaired) electrons. The van der Waals surface area contributed by atoms with Crippen LogP contribution >= 0.6 is 15.9 Å². The molecule has 0 amide bonds. The molecule has 2 nitrogen and oxygen atoms in total. The van der Waals surface area contributed by atoms with Crippen LogP contribution in [0.4, 0.5) is 0 Å². The van der Waals surface area contributed by atoms with E-state index in [1.807, 2.05) is 26.2 Å². The molecule has 0 aliphatic heterocycles. The maximum atomic E-state index is 6.00. The van der Waals surface area contributed by atoms with Crippen molar-refractivity contribution < 1.29 is 0 Å². The van der Waals surface area contributed by atoms with Gasteiger partial charge in [0.25, 0.3) is 0 Å². The van der Waals surface area contributed by atoms with Gasteiger partial charge in [0.2, 0.25) is 0 Å². The molecular weight excluding hydrogens is 240 g/mol. The van der Waals surface area contributed by atoms with Gasteiger partial charge in [0.15, 0.2) is 0 Å². The first-order valence-electron chi connectivity index (χ1n) is 4.72. The number of nitrogens with zero attached hydrogens (tertiary/aromatic N) is 1. The molecule has 1 aromatic carbocycles. The second kappa shape index (κ2) is 5.49. The standard InChI is InChI=1S/C11H17BrN2/c1-14(2)8-11(13)7-9-4-3-5-10(12)6-9/h3-6,11H,7-8,13H2,1-2H3. The van der Waals surface area contributed by atoms with Crippen LogP contribution in [0.25, 0.3) is 0 Å². The minimum absolute atomic E-state index is 0.208. The summed E-state index contributed by atoms with van der Waals surface area (Å²) in [5.41, 5.74) is 7.29. The third-order valence-electron chi connectivity index (χ3n) is 1.99. The van der Waals surface area contributed by atoms with Crippen molar-refractivity contribution in [2.45, 2.75) is 12.5 Å². The molecular formula is C11H17BrN2. The number of likely N-dealkylation sites (N-methyl/N-ethyl adjacent to an activating group) is 1. The minimum Gasteiger partial charge on any atom is -0.326 e. The predicted molar refractivity (Wildman–Crippen MR) is 64.4 cm³/mol. The Balaban J connectivity index is 2.51. The van der Waals surface area contributed by atoms with Crippen LogP contribution < -0.4 is 5.73 Å². The average molecular weight is 257 g/mol. The SMILES string of the molecule is CN(C)CC(N)Cc1cccc(Br)c1. The smallest absolute Gasteiger partial charge is 0.0208 e. The summed E-state index contributed by atoms with van der Waals surface area (Å²) < 4.78 is 1.12. The Morgan fingerprint density at radius 2 is 2.14 bits per heavy atom. The Kier molecular flexibility index (Phi) is 4.58. The molecule has 0 bridgehead atoms. The zero-order valence-electron chi connectivity index (χ0n) is 8.70. The van der Waals surface area contributed by atoms with E-state index in [2.05, 4.69) is 33.0 Å². The summed E-state index contributed by atoms with van der Waals surface area (Å²) in [6.07, 6.45) is 0.928. The van der Waals surface area contributed by atoms with Crippen LogP contribution in [-0.2, 0) is 6.42 Å². The lowest BCUT2D eigenvalue weighted by Gasteiger charge is -2.16. The third kappa shape index (κ3) is 4.22. The van der Waals surface area contributed by atoms with E-state index in [0.717, 1.165) is 17.4 Å². The number of hydrogen-bond acceptors (Lipinski definition) is 2. The highest BCUT2D eigenvalue weighted by molar-refractivity contribution is 9.10. The second-order valence-electron chi connectivity index (χ2n) is 3.86.